The number of hydrogen-bond acceptors (Lipinski definition) is 4. The van der Waals surface area contributed by atoms with Crippen molar-refractivity contribution in [3.63, 3.8) is 0 Å². The lowest BCUT2D eigenvalue weighted by atomic mass is 9.98. The molecule has 1 aliphatic rings. The van der Waals surface area contributed by atoms with Crippen molar-refractivity contribution in [1.29, 1.82) is 0 Å². The summed E-state index contributed by atoms with van der Waals surface area (Å²) in [5.74, 6) is -2.09. The van der Waals surface area contributed by atoms with Gasteiger partial charge in [-0.15, -0.1) is 0 Å². The number of aliphatic carboxylic acids is 1. The number of carboxylic acid groups (broad SMARTS) is 1. The van der Waals surface area contributed by atoms with E-state index < -0.39 is 30.4 Å². The third-order valence-electron chi connectivity index (χ3n) is 5.82. The Balaban J connectivity index is 1.39. The Bertz CT molecular complexity index is 1230. The molecule has 2 amide bonds. The number of halogens is 2. The molecule has 180 valence electrons. The molecular formula is C26H22Cl2N2O5. The van der Waals surface area contributed by atoms with Crippen LogP contribution in [-0.2, 0) is 20.9 Å². The number of alkyl carbamates (subject to hydrolysis) is 1. The molecule has 9 heteroatoms. The highest BCUT2D eigenvalue weighted by Gasteiger charge is 2.30. The fourth-order valence-corrected chi connectivity index (χ4v) is 4.54. The van der Waals surface area contributed by atoms with Gasteiger partial charge in [-0.05, 0) is 33.9 Å². The fourth-order valence-electron chi connectivity index (χ4n) is 4.16. The molecule has 1 atom stereocenters. The van der Waals surface area contributed by atoms with Crippen molar-refractivity contribution in [3.05, 3.63) is 93.5 Å². The van der Waals surface area contributed by atoms with Crippen molar-refractivity contribution in [2.45, 2.75) is 24.9 Å². The molecule has 1 unspecified atom stereocenters. The van der Waals surface area contributed by atoms with Crippen molar-refractivity contribution in [2.24, 2.45) is 0 Å². The summed E-state index contributed by atoms with van der Waals surface area (Å²) in [5.41, 5.74) is 4.81. The lowest BCUT2D eigenvalue weighted by Crippen LogP contribution is -2.48. The van der Waals surface area contributed by atoms with Gasteiger partial charge in [0.1, 0.15) is 12.6 Å². The van der Waals surface area contributed by atoms with Crippen LogP contribution < -0.4 is 10.6 Å². The Morgan fingerprint density at radius 2 is 1.54 bits per heavy atom. The van der Waals surface area contributed by atoms with Crippen LogP contribution in [0.2, 0.25) is 10.0 Å². The summed E-state index contributed by atoms with van der Waals surface area (Å²) in [5, 5.41) is 14.8. The van der Waals surface area contributed by atoms with Crippen LogP contribution in [0.5, 0.6) is 0 Å². The summed E-state index contributed by atoms with van der Waals surface area (Å²) >= 11 is 12.1. The number of carbonyl (C=O) groups excluding carboxylic acids is 2. The van der Waals surface area contributed by atoms with Crippen LogP contribution in [0, 0.1) is 0 Å². The monoisotopic (exact) mass is 512 g/mol. The molecule has 0 aromatic heterocycles. The minimum Gasteiger partial charge on any atom is -0.481 e. The van der Waals surface area contributed by atoms with Crippen LogP contribution in [0.3, 0.4) is 0 Å². The minimum absolute atomic E-state index is 0.0146. The number of ether oxygens (including phenoxy) is 1. The van der Waals surface area contributed by atoms with Gasteiger partial charge >= 0.3 is 12.1 Å². The molecule has 1 aliphatic carbocycles. The first-order valence-electron chi connectivity index (χ1n) is 10.9. The van der Waals surface area contributed by atoms with Gasteiger partial charge in [0.15, 0.2) is 0 Å². The Morgan fingerprint density at radius 3 is 2.17 bits per heavy atom. The molecule has 3 aromatic carbocycles. The second-order valence-electron chi connectivity index (χ2n) is 8.05. The van der Waals surface area contributed by atoms with Crippen LogP contribution in [0.4, 0.5) is 4.79 Å². The summed E-state index contributed by atoms with van der Waals surface area (Å²) in [6.07, 6.45) is -1.49. The number of rotatable bonds is 8. The van der Waals surface area contributed by atoms with Gasteiger partial charge in [0.25, 0.3) is 0 Å². The highest BCUT2D eigenvalue weighted by molar-refractivity contribution is 6.42. The van der Waals surface area contributed by atoms with E-state index in [9.17, 15) is 19.5 Å². The van der Waals surface area contributed by atoms with E-state index in [0.717, 1.165) is 22.3 Å². The molecule has 0 aliphatic heterocycles. The number of nitrogens with one attached hydrogen (secondary N) is 2. The maximum atomic E-state index is 12.7. The zero-order chi connectivity index (χ0) is 24.9. The van der Waals surface area contributed by atoms with Crippen LogP contribution in [0.15, 0.2) is 66.7 Å². The van der Waals surface area contributed by atoms with Crippen LogP contribution in [0.25, 0.3) is 11.1 Å². The fraction of sp³-hybridized carbons (Fsp3) is 0.192. The number of amides is 2. The third-order valence-corrected chi connectivity index (χ3v) is 6.67. The van der Waals surface area contributed by atoms with Gasteiger partial charge in [0, 0.05) is 12.5 Å². The van der Waals surface area contributed by atoms with E-state index in [0.29, 0.717) is 10.6 Å². The van der Waals surface area contributed by atoms with Crippen molar-refractivity contribution in [1.82, 2.24) is 10.6 Å². The summed E-state index contributed by atoms with van der Waals surface area (Å²) < 4.78 is 5.44. The molecule has 0 bridgehead atoms. The normalized spacial score (nSPS) is 12.9. The SMILES string of the molecule is O=C(O)CC(NC(=O)OCC1c2ccccc2-c2ccccc21)C(=O)NCc1cccc(Cl)c1Cl. The van der Waals surface area contributed by atoms with Crippen LogP contribution in [-0.4, -0.2) is 35.7 Å². The smallest absolute Gasteiger partial charge is 0.407 e. The molecule has 3 N–H and O–H groups in total. The second-order valence-corrected chi connectivity index (χ2v) is 8.84. The van der Waals surface area contributed by atoms with Gasteiger partial charge in [0.05, 0.1) is 16.5 Å². The summed E-state index contributed by atoms with van der Waals surface area (Å²) in [6, 6.07) is 19.4. The maximum absolute atomic E-state index is 12.7. The van der Waals surface area contributed by atoms with Gasteiger partial charge < -0.3 is 20.5 Å². The van der Waals surface area contributed by atoms with Gasteiger partial charge in [0.2, 0.25) is 5.91 Å². The largest absolute Gasteiger partial charge is 0.481 e. The Hall–Kier alpha value is -3.55. The second kappa shape index (κ2) is 10.8. The summed E-state index contributed by atoms with van der Waals surface area (Å²) in [7, 11) is 0. The Kier molecular flexibility index (Phi) is 7.58. The quantitative estimate of drug-likeness (QED) is 0.394. The van der Waals surface area contributed by atoms with Crippen LogP contribution >= 0.6 is 23.2 Å². The van der Waals surface area contributed by atoms with Gasteiger partial charge in [-0.3, -0.25) is 9.59 Å². The van der Waals surface area contributed by atoms with Crippen molar-refractivity contribution in [2.75, 3.05) is 6.61 Å². The zero-order valence-corrected chi connectivity index (χ0v) is 20.0. The average Bonchev–Trinajstić information content (AvgIpc) is 3.16. The molecular weight excluding hydrogens is 491 g/mol. The van der Waals surface area contributed by atoms with E-state index in [1.165, 1.54) is 0 Å². The lowest BCUT2D eigenvalue weighted by molar-refractivity contribution is -0.139. The number of hydrogen-bond donors (Lipinski definition) is 3. The molecule has 35 heavy (non-hydrogen) atoms. The first-order chi connectivity index (χ1) is 16.8. The Labute approximate surface area is 212 Å². The molecule has 7 nitrogen and oxygen atoms in total. The van der Waals surface area contributed by atoms with E-state index >= 15 is 0 Å². The van der Waals surface area contributed by atoms with Gasteiger partial charge in [-0.1, -0.05) is 83.9 Å². The van der Waals surface area contributed by atoms with Gasteiger partial charge in [-0.25, -0.2) is 4.79 Å². The molecule has 0 radical (unpaired) electrons. The molecule has 0 saturated heterocycles. The third kappa shape index (κ3) is 5.58. The zero-order valence-electron chi connectivity index (χ0n) is 18.5. The highest BCUT2D eigenvalue weighted by Crippen LogP contribution is 2.44. The van der Waals surface area contributed by atoms with E-state index in [1.807, 2.05) is 48.5 Å². The van der Waals surface area contributed by atoms with E-state index in [1.54, 1.807) is 18.2 Å². The number of carbonyl (C=O) groups is 3. The molecule has 3 aromatic rings. The highest BCUT2D eigenvalue weighted by atomic mass is 35.5. The lowest BCUT2D eigenvalue weighted by Gasteiger charge is -2.19. The number of carboxylic acids is 1. The van der Waals surface area contributed by atoms with Crippen molar-refractivity contribution < 1.29 is 24.2 Å². The predicted molar refractivity (Wildman–Crippen MR) is 133 cm³/mol. The van der Waals surface area contributed by atoms with Gasteiger partial charge in [-0.2, -0.15) is 0 Å². The first kappa shape index (κ1) is 24.6. The summed E-state index contributed by atoms with van der Waals surface area (Å²) in [6.45, 7) is 0.0557. The number of benzene rings is 3. The molecule has 4 rings (SSSR count). The standard InChI is InChI=1S/C26H22Cl2N2O5/c27-21-11-5-6-15(24(21)28)13-29-25(33)22(12-23(31)32)30-26(34)35-14-20-18-9-3-1-7-16(18)17-8-2-4-10-19(17)20/h1-11,20,22H,12-14H2,(H,29,33)(H,30,34)(H,31,32). The summed E-state index contributed by atoms with van der Waals surface area (Å²) in [4.78, 5) is 36.5. The van der Waals surface area contributed by atoms with E-state index in [-0.39, 0.29) is 24.1 Å². The van der Waals surface area contributed by atoms with Crippen LogP contribution in [0.1, 0.15) is 29.0 Å². The molecule has 0 heterocycles. The van der Waals surface area contributed by atoms with Crippen molar-refractivity contribution >= 4 is 41.2 Å². The average molecular weight is 513 g/mol. The molecule has 0 saturated carbocycles. The predicted octanol–water partition coefficient (Wildman–Crippen LogP) is 4.99. The maximum Gasteiger partial charge on any atom is 0.407 e. The van der Waals surface area contributed by atoms with E-state index in [4.69, 9.17) is 27.9 Å². The topological polar surface area (TPSA) is 105 Å². The molecule has 0 fully saturated rings. The minimum atomic E-state index is -1.33. The van der Waals surface area contributed by atoms with E-state index in [2.05, 4.69) is 10.6 Å². The number of fused-ring (bicyclic) bond motifs is 3. The first-order valence-corrected chi connectivity index (χ1v) is 11.6. The molecule has 0 spiro atoms. The Morgan fingerprint density at radius 1 is 0.914 bits per heavy atom. The van der Waals surface area contributed by atoms with Crippen molar-refractivity contribution in [3.8, 4) is 11.1 Å².